The highest BCUT2D eigenvalue weighted by Gasteiger charge is 2.30. The molecule has 2 aliphatic heterocycles. The van der Waals surface area contributed by atoms with Gasteiger partial charge in [-0.25, -0.2) is 0 Å². The summed E-state index contributed by atoms with van der Waals surface area (Å²) >= 11 is 1.67. The van der Waals surface area contributed by atoms with Crippen LogP contribution in [0.15, 0.2) is 29.2 Å². The molecule has 126 valence electrons. The Hall–Kier alpha value is -1.08. The van der Waals surface area contributed by atoms with Gasteiger partial charge in [0.05, 0.1) is 19.8 Å². The van der Waals surface area contributed by atoms with Gasteiger partial charge >= 0.3 is 0 Å². The van der Waals surface area contributed by atoms with E-state index in [1.165, 1.54) is 0 Å². The largest absolute Gasteiger partial charge is 0.350 e. The lowest BCUT2D eigenvalue weighted by Crippen LogP contribution is -2.41. The van der Waals surface area contributed by atoms with Crippen molar-refractivity contribution in [3.8, 4) is 0 Å². The van der Waals surface area contributed by atoms with Crippen LogP contribution in [0.2, 0.25) is 0 Å². The van der Waals surface area contributed by atoms with E-state index in [0.29, 0.717) is 25.7 Å². The van der Waals surface area contributed by atoms with Gasteiger partial charge in [0.25, 0.3) is 0 Å². The first-order chi connectivity index (χ1) is 11.2. The molecule has 0 unspecified atom stereocenters. The molecule has 0 atom stereocenters. The number of ether oxygens (including phenoxy) is 2. The van der Waals surface area contributed by atoms with Crippen molar-refractivity contribution in [3.63, 3.8) is 0 Å². The van der Waals surface area contributed by atoms with Crippen LogP contribution in [0.25, 0.3) is 0 Å². The van der Waals surface area contributed by atoms with Crippen LogP contribution >= 0.6 is 11.8 Å². The number of hydrogen-bond donors (Lipinski definition) is 1. The van der Waals surface area contributed by atoms with Crippen LogP contribution in [0.3, 0.4) is 0 Å². The summed E-state index contributed by atoms with van der Waals surface area (Å²) in [7, 11) is 0. The molecule has 5 nitrogen and oxygen atoms in total. The van der Waals surface area contributed by atoms with Gasteiger partial charge in [0, 0.05) is 16.5 Å². The summed E-state index contributed by atoms with van der Waals surface area (Å²) in [6, 6.07) is 7.94. The molecule has 0 aromatic heterocycles. The van der Waals surface area contributed by atoms with Gasteiger partial charge in [0.2, 0.25) is 5.91 Å². The first-order valence-electron chi connectivity index (χ1n) is 8.14. The van der Waals surface area contributed by atoms with Gasteiger partial charge in [-0.05, 0) is 50.4 Å². The van der Waals surface area contributed by atoms with Crippen molar-refractivity contribution < 1.29 is 14.3 Å². The molecular formula is C17H24N2O3S. The summed E-state index contributed by atoms with van der Waals surface area (Å²) in [6.07, 6.45) is 4.06. The molecule has 2 saturated heterocycles. The van der Waals surface area contributed by atoms with Crippen molar-refractivity contribution >= 4 is 23.4 Å². The summed E-state index contributed by atoms with van der Waals surface area (Å²) in [5.74, 6) is 0.519. The summed E-state index contributed by atoms with van der Waals surface area (Å²) in [5, 5.41) is 2.99. The zero-order valence-electron chi connectivity index (χ0n) is 13.5. The van der Waals surface area contributed by atoms with Crippen LogP contribution in [0, 0.1) is 5.92 Å². The topological polar surface area (TPSA) is 50.8 Å². The Morgan fingerprint density at radius 2 is 2.04 bits per heavy atom. The molecule has 2 heterocycles. The predicted octanol–water partition coefficient (Wildman–Crippen LogP) is 2.43. The van der Waals surface area contributed by atoms with E-state index in [9.17, 15) is 4.79 Å². The number of rotatable bonds is 5. The Balaban J connectivity index is 1.43. The summed E-state index contributed by atoms with van der Waals surface area (Å²) in [6.45, 7) is 3.71. The average Bonchev–Trinajstić information content (AvgIpc) is 3.10. The van der Waals surface area contributed by atoms with Gasteiger partial charge in [-0.2, -0.15) is 0 Å². The minimum atomic E-state index is -0.0275. The molecule has 6 heteroatoms. The highest BCUT2D eigenvalue weighted by atomic mass is 32.2. The molecule has 1 N–H and O–H groups in total. The minimum absolute atomic E-state index is 0.0275. The standard InChI is InChI=1S/C17H24N2O3S/c1-23-15-4-2-3-14(11-15)18-16(20)12-19-7-5-13(6-8-19)17-21-9-10-22-17/h2-4,11,13,17H,5-10,12H2,1H3,(H,18,20). The maximum Gasteiger partial charge on any atom is 0.238 e. The fourth-order valence-corrected chi connectivity index (χ4v) is 3.60. The van der Waals surface area contributed by atoms with Crippen molar-refractivity contribution in [2.24, 2.45) is 5.92 Å². The lowest BCUT2D eigenvalue weighted by atomic mass is 9.96. The maximum absolute atomic E-state index is 12.2. The van der Waals surface area contributed by atoms with E-state index in [4.69, 9.17) is 9.47 Å². The Bertz CT molecular complexity index is 526. The molecule has 1 aromatic rings. The van der Waals surface area contributed by atoms with Gasteiger partial charge in [0.15, 0.2) is 6.29 Å². The van der Waals surface area contributed by atoms with Gasteiger partial charge < -0.3 is 14.8 Å². The second-order valence-corrected chi connectivity index (χ2v) is 6.88. The van der Waals surface area contributed by atoms with Crippen molar-refractivity contribution in [2.45, 2.75) is 24.0 Å². The number of nitrogens with one attached hydrogen (secondary N) is 1. The monoisotopic (exact) mass is 336 g/mol. The third-order valence-corrected chi connectivity index (χ3v) is 5.11. The highest BCUT2D eigenvalue weighted by Crippen LogP contribution is 2.25. The molecule has 1 amide bonds. The third kappa shape index (κ3) is 4.70. The van der Waals surface area contributed by atoms with Crippen LogP contribution in [-0.2, 0) is 14.3 Å². The van der Waals surface area contributed by atoms with Crippen LogP contribution in [-0.4, -0.2) is 56.2 Å². The Kier molecular flexibility index (Phi) is 5.94. The number of anilines is 1. The Morgan fingerprint density at radius 1 is 1.30 bits per heavy atom. The maximum atomic E-state index is 12.2. The number of likely N-dealkylation sites (tertiary alicyclic amines) is 1. The molecule has 0 aliphatic carbocycles. The molecule has 0 bridgehead atoms. The molecule has 3 rings (SSSR count). The molecule has 1 aromatic carbocycles. The van der Waals surface area contributed by atoms with E-state index < -0.39 is 0 Å². The number of nitrogens with zero attached hydrogens (tertiary/aromatic N) is 1. The molecule has 0 radical (unpaired) electrons. The number of benzene rings is 1. The van der Waals surface area contributed by atoms with Gasteiger partial charge in [-0.15, -0.1) is 11.8 Å². The van der Waals surface area contributed by atoms with Crippen molar-refractivity contribution in [3.05, 3.63) is 24.3 Å². The van der Waals surface area contributed by atoms with Gasteiger partial charge in [-0.3, -0.25) is 9.69 Å². The Morgan fingerprint density at radius 3 is 2.74 bits per heavy atom. The van der Waals surface area contributed by atoms with E-state index in [-0.39, 0.29) is 12.2 Å². The normalized spacial score (nSPS) is 20.7. The minimum Gasteiger partial charge on any atom is -0.350 e. The lowest BCUT2D eigenvalue weighted by molar-refractivity contribution is -0.119. The quantitative estimate of drug-likeness (QED) is 0.837. The van der Waals surface area contributed by atoms with Crippen molar-refractivity contribution in [1.29, 1.82) is 0 Å². The lowest BCUT2D eigenvalue weighted by Gasteiger charge is -2.33. The first-order valence-corrected chi connectivity index (χ1v) is 9.36. The first kappa shape index (κ1) is 16.8. The van der Waals surface area contributed by atoms with E-state index in [1.807, 2.05) is 30.5 Å². The van der Waals surface area contributed by atoms with Crippen molar-refractivity contribution in [1.82, 2.24) is 4.90 Å². The number of carbonyl (C=O) groups excluding carboxylic acids is 1. The Labute approximate surface area is 141 Å². The summed E-state index contributed by atoms with van der Waals surface area (Å²) in [4.78, 5) is 15.6. The van der Waals surface area contributed by atoms with E-state index in [1.54, 1.807) is 11.8 Å². The van der Waals surface area contributed by atoms with E-state index in [0.717, 1.165) is 36.5 Å². The highest BCUT2D eigenvalue weighted by molar-refractivity contribution is 7.98. The molecule has 23 heavy (non-hydrogen) atoms. The summed E-state index contributed by atoms with van der Waals surface area (Å²) < 4.78 is 11.2. The third-order valence-electron chi connectivity index (χ3n) is 4.39. The zero-order chi connectivity index (χ0) is 16.1. The van der Waals surface area contributed by atoms with E-state index >= 15 is 0 Å². The van der Waals surface area contributed by atoms with Gasteiger partial charge in [0.1, 0.15) is 0 Å². The molecule has 0 saturated carbocycles. The van der Waals surface area contributed by atoms with Crippen LogP contribution in [0.1, 0.15) is 12.8 Å². The zero-order valence-corrected chi connectivity index (χ0v) is 14.3. The average molecular weight is 336 g/mol. The molecular weight excluding hydrogens is 312 g/mol. The van der Waals surface area contributed by atoms with Crippen LogP contribution < -0.4 is 5.32 Å². The van der Waals surface area contributed by atoms with Crippen LogP contribution in [0.5, 0.6) is 0 Å². The number of amides is 1. The summed E-state index contributed by atoms with van der Waals surface area (Å²) in [5.41, 5.74) is 0.865. The number of piperidine rings is 1. The smallest absolute Gasteiger partial charge is 0.238 e. The SMILES string of the molecule is CSc1cccc(NC(=O)CN2CCC(C3OCCO3)CC2)c1. The fraction of sp³-hybridized carbons (Fsp3) is 0.588. The fourth-order valence-electron chi connectivity index (χ4n) is 3.14. The second-order valence-electron chi connectivity index (χ2n) is 6.00. The molecule has 2 fully saturated rings. The number of thioether (sulfide) groups is 1. The second kappa shape index (κ2) is 8.15. The molecule has 2 aliphatic rings. The van der Waals surface area contributed by atoms with Crippen LogP contribution in [0.4, 0.5) is 5.69 Å². The molecule has 0 spiro atoms. The van der Waals surface area contributed by atoms with E-state index in [2.05, 4.69) is 10.2 Å². The number of hydrogen-bond acceptors (Lipinski definition) is 5. The number of carbonyl (C=O) groups is 1. The predicted molar refractivity (Wildman–Crippen MR) is 91.7 cm³/mol. The van der Waals surface area contributed by atoms with Gasteiger partial charge in [-0.1, -0.05) is 6.07 Å². The van der Waals surface area contributed by atoms with Crippen molar-refractivity contribution in [2.75, 3.05) is 44.4 Å².